The van der Waals surface area contributed by atoms with Crippen molar-refractivity contribution in [3.8, 4) is 11.3 Å². The van der Waals surface area contributed by atoms with Gasteiger partial charge in [0, 0.05) is 25.0 Å². The summed E-state index contributed by atoms with van der Waals surface area (Å²) in [5.41, 5.74) is 2.19. The lowest BCUT2D eigenvalue weighted by Gasteiger charge is -2.31. The van der Waals surface area contributed by atoms with Crippen LogP contribution in [0.4, 0.5) is 0 Å². The second-order valence-corrected chi connectivity index (χ2v) is 6.91. The molecule has 150 valence electrons. The SMILES string of the molecule is Cc1ccc(-c2ccc(CCC(=O)N[C@@H]3CCOC[C@H]3OCC(=O)O)o2)cc1. The molecule has 0 aliphatic carbocycles. The summed E-state index contributed by atoms with van der Waals surface area (Å²) in [6.07, 6.45) is 0.908. The Bertz CT molecular complexity index is 797. The molecule has 1 aliphatic rings. The quantitative estimate of drug-likeness (QED) is 0.722. The lowest BCUT2D eigenvalue weighted by Crippen LogP contribution is -2.50. The van der Waals surface area contributed by atoms with E-state index >= 15 is 0 Å². The maximum Gasteiger partial charge on any atom is 0.329 e. The number of hydrogen-bond donors (Lipinski definition) is 2. The minimum Gasteiger partial charge on any atom is -0.480 e. The molecule has 0 saturated carbocycles. The number of rotatable bonds is 8. The molecular formula is C21H25NO6. The molecule has 1 fully saturated rings. The molecule has 2 atom stereocenters. The number of carboxylic acids is 1. The number of carbonyl (C=O) groups excluding carboxylic acids is 1. The van der Waals surface area contributed by atoms with E-state index in [1.165, 1.54) is 5.56 Å². The summed E-state index contributed by atoms with van der Waals surface area (Å²) >= 11 is 0. The zero-order valence-corrected chi connectivity index (χ0v) is 15.8. The number of nitrogens with one attached hydrogen (secondary N) is 1. The Kier molecular flexibility index (Phi) is 6.84. The highest BCUT2D eigenvalue weighted by atomic mass is 16.5. The van der Waals surface area contributed by atoms with Crippen molar-refractivity contribution in [1.29, 1.82) is 0 Å². The fourth-order valence-electron chi connectivity index (χ4n) is 3.12. The van der Waals surface area contributed by atoms with Gasteiger partial charge >= 0.3 is 5.97 Å². The van der Waals surface area contributed by atoms with Crippen LogP contribution in [0.1, 0.15) is 24.2 Å². The topological polar surface area (TPSA) is 98.0 Å². The van der Waals surface area contributed by atoms with Gasteiger partial charge in [0.15, 0.2) is 0 Å². The summed E-state index contributed by atoms with van der Waals surface area (Å²) in [6, 6.07) is 11.6. The molecule has 3 rings (SSSR count). The third-order valence-corrected chi connectivity index (χ3v) is 4.67. The minimum atomic E-state index is -1.04. The molecule has 2 aromatic rings. The van der Waals surface area contributed by atoms with Crippen LogP contribution in [-0.2, 0) is 25.5 Å². The number of amides is 1. The molecule has 0 spiro atoms. The van der Waals surface area contributed by atoms with Crippen LogP contribution >= 0.6 is 0 Å². The van der Waals surface area contributed by atoms with E-state index < -0.39 is 18.7 Å². The van der Waals surface area contributed by atoms with Gasteiger partial charge in [0.2, 0.25) is 5.91 Å². The number of benzene rings is 1. The van der Waals surface area contributed by atoms with Crippen molar-refractivity contribution in [3.63, 3.8) is 0 Å². The van der Waals surface area contributed by atoms with Gasteiger partial charge in [-0.2, -0.15) is 0 Å². The van der Waals surface area contributed by atoms with Crippen molar-refractivity contribution in [3.05, 3.63) is 47.7 Å². The van der Waals surface area contributed by atoms with E-state index in [0.717, 1.165) is 17.1 Å². The average molecular weight is 387 g/mol. The molecular weight excluding hydrogens is 362 g/mol. The van der Waals surface area contributed by atoms with Crippen molar-refractivity contribution in [2.24, 2.45) is 0 Å². The van der Waals surface area contributed by atoms with Crippen LogP contribution in [0.5, 0.6) is 0 Å². The van der Waals surface area contributed by atoms with E-state index in [-0.39, 0.29) is 25.0 Å². The van der Waals surface area contributed by atoms with Gasteiger partial charge in [-0.3, -0.25) is 4.79 Å². The van der Waals surface area contributed by atoms with E-state index in [1.807, 2.05) is 43.3 Å². The largest absolute Gasteiger partial charge is 0.480 e. The second-order valence-electron chi connectivity index (χ2n) is 6.91. The normalized spacial score (nSPS) is 19.3. The standard InChI is InChI=1S/C21H25NO6/c1-14-2-4-15(5-3-14)18-8-6-16(28-18)7-9-20(23)22-17-10-11-26-12-19(17)27-13-21(24)25/h2-6,8,17,19H,7,9-13H2,1H3,(H,22,23)(H,24,25)/t17-,19-/m1/s1. The van der Waals surface area contributed by atoms with Gasteiger partial charge in [0.05, 0.1) is 12.6 Å². The zero-order chi connectivity index (χ0) is 19.9. The highest BCUT2D eigenvalue weighted by molar-refractivity contribution is 5.76. The molecule has 2 heterocycles. The third kappa shape index (κ3) is 5.68. The number of furan rings is 1. The fourth-order valence-corrected chi connectivity index (χ4v) is 3.12. The van der Waals surface area contributed by atoms with Crippen LogP contribution in [0, 0.1) is 6.92 Å². The Morgan fingerprint density at radius 2 is 2.00 bits per heavy atom. The number of ether oxygens (including phenoxy) is 2. The molecule has 28 heavy (non-hydrogen) atoms. The maximum absolute atomic E-state index is 12.3. The molecule has 0 bridgehead atoms. The first-order valence-electron chi connectivity index (χ1n) is 9.37. The van der Waals surface area contributed by atoms with Gasteiger partial charge in [-0.25, -0.2) is 4.79 Å². The second kappa shape index (κ2) is 9.52. The third-order valence-electron chi connectivity index (χ3n) is 4.67. The Morgan fingerprint density at radius 3 is 2.75 bits per heavy atom. The summed E-state index contributed by atoms with van der Waals surface area (Å²) in [6.45, 7) is 2.41. The highest BCUT2D eigenvalue weighted by Crippen LogP contribution is 2.23. The lowest BCUT2D eigenvalue weighted by atomic mass is 10.1. The first kappa shape index (κ1) is 20.1. The van der Waals surface area contributed by atoms with Crippen LogP contribution in [0.15, 0.2) is 40.8 Å². The van der Waals surface area contributed by atoms with Crippen LogP contribution in [0.25, 0.3) is 11.3 Å². The van der Waals surface area contributed by atoms with Crippen molar-refractivity contribution in [2.45, 2.75) is 38.3 Å². The smallest absolute Gasteiger partial charge is 0.329 e. The molecule has 1 aliphatic heterocycles. The molecule has 0 unspecified atom stereocenters. The number of aryl methyl sites for hydroxylation is 2. The lowest BCUT2D eigenvalue weighted by molar-refractivity contribution is -0.149. The van der Waals surface area contributed by atoms with Gasteiger partial charge in [-0.1, -0.05) is 29.8 Å². The number of aliphatic carboxylic acids is 1. The summed E-state index contributed by atoms with van der Waals surface area (Å²) in [5, 5.41) is 11.7. The maximum atomic E-state index is 12.3. The zero-order valence-electron chi connectivity index (χ0n) is 15.8. The Morgan fingerprint density at radius 1 is 1.21 bits per heavy atom. The van der Waals surface area contributed by atoms with Crippen molar-refractivity contribution < 1.29 is 28.6 Å². The van der Waals surface area contributed by atoms with Crippen LogP contribution in [0.2, 0.25) is 0 Å². The highest BCUT2D eigenvalue weighted by Gasteiger charge is 2.28. The number of carbonyl (C=O) groups is 2. The van der Waals surface area contributed by atoms with Gasteiger partial charge < -0.3 is 24.3 Å². The Labute approximate surface area is 163 Å². The van der Waals surface area contributed by atoms with Crippen molar-refractivity contribution in [2.75, 3.05) is 19.8 Å². The molecule has 0 radical (unpaired) electrons. The predicted molar refractivity (Wildman–Crippen MR) is 102 cm³/mol. The first-order valence-corrected chi connectivity index (χ1v) is 9.37. The average Bonchev–Trinajstić information content (AvgIpc) is 3.15. The van der Waals surface area contributed by atoms with E-state index in [0.29, 0.717) is 19.4 Å². The van der Waals surface area contributed by atoms with E-state index in [2.05, 4.69) is 5.32 Å². The molecule has 1 aromatic carbocycles. The molecule has 2 N–H and O–H groups in total. The van der Waals surface area contributed by atoms with Gasteiger partial charge in [-0.05, 0) is 25.5 Å². The van der Waals surface area contributed by atoms with Gasteiger partial charge in [0.25, 0.3) is 0 Å². The number of hydrogen-bond acceptors (Lipinski definition) is 5. The molecule has 1 saturated heterocycles. The summed E-state index contributed by atoms with van der Waals surface area (Å²) in [4.78, 5) is 23.0. The molecule has 1 amide bonds. The molecule has 7 heteroatoms. The summed E-state index contributed by atoms with van der Waals surface area (Å²) < 4.78 is 16.5. The monoisotopic (exact) mass is 387 g/mol. The van der Waals surface area contributed by atoms with Crippen molar-refractivity contribution >= 4 is 11.9 Å². The van der Waals surface area contributed by atoms with E-state index in [9.17, 15) is 9.59 Å². The Balaban J connectivity index is 1.49. The molecule has 1 aromatic heterocycles. The van der Waals surface area contributed by atoms with Crippen molar-refractivity contribution in [1.82, 2.24) is 5.32 Å². The van der Waals surface area contributed by atoms with E-state index in [4.69, 9.17) is 19.0 Å². The Hall–Kier alpha value is -2.64. The summed E-state index contributed by atoms with van der Waals surface area (Å²) in [5.74, 6) is 0.361. The summed E-state index contributed by atoms with van der Waals surface area (Å²) in [7, 11) is 0. The first-order chi connectivity index (χ1) is 13.5. The predicted octanol–water partition coefficient (Wildman–Crippen LogP) is 2.56. The van der Waals surface area contributed by atoms with Crippen LogP contribution in [0.3, 0.4) is 0 Å². The van der Waals surface area contributed by atoms with E-state index in [1.54, 1.807) is 0 Å². The van der Waals surface area contributed by atoms with Crippen LogP contribution < -0.4 is 5.32 Å². The van der Waals surface area contributed by atoms with Gasteiger partial charge in [0.1, 0.15) is 24.2 Å². The fraction of sp³-hybridized carbons (Fsp3) is 0.429. The minimum absolute atomic E-state index is 0.121. The molecule has 7 nitrogen and oxygen atoms in total. The van der Waals surface area contributed by atoms with Crippen LogP contribution in [-0.4, -0.2) is 48.9 Å². The van der Waals surface area contributed by atoms with Gasteiger partial charge in [-0.15, -0.1) is 0 Å². The number of carboxylic acid groups (broad SMARTS) is 1.